The van der Waals surface area contributed by atoms with Crippen LogP contribution in [-0.2, 0) is 22.5 Å². The minimum atomic E-state index is -0.729. The normalized spacial score (nSPS) is 14.0. The first-order valence-electron chi connectivity index (χ1n) is 13.0. The van der Waals surface area contributed by atoms with E-state index in [4.69, 9.17) is 9.72 Å². The van der Waals surface area contributed by atoms with Crippen LogP contribution in [0.2, 0.25) is 0 Å². The number of esters is 1. The van der Waals surface area contributed by atoms with Crippen LogP contribution in [0.1, 0.15) is 49.1 Å². The maximum atomic E-state index is 12.3. The molecule has 0 atom stereocenters. The molecule has 0 spiro atoms. The number of anilines is 1. The number of aromatic nitrogens is 3. The first-order chi connectivity index (χ1) is 17.9. The second-order valence-electron chi connectivity index (χ2n) is 10.1. The quantitative estimate of drug-likeness (QED) is 0.237. The number of ether oxygens (including phenoxy) is 1. The smallest absolute Gasteiger partial charge is 0.376 e. The van der Waals surface area contributed by atoms with Crippen LogP contribution < -0.4 is 5.32 Å². The van der Waals surface area contributed by atoms with Crippen LogP contribution in [-0.4, -0.2) is 45.5 Å². The molecule has 37 heavy (non-hydrogen) atoms. The lowest BCUT2D eigenvalue weighted by Crippen LogP contribution is -2.21. The van der Waals surface area contributed by atoms with Gasteiger partial charge in [0.1, 0.15) is 0 Å². The zero-order valence-corrected chi connectivity index (χ0v) is 21.4. The number of aromatic amines is 1. The third-order valence-electron chi connectivity index (χ3n) is 7.18. The first kappa shape index (κ1) is 24.9. The van der Waals surface area contributed by atoms with Crippen molar-refractivity contribution in [2.24, 2.45) is 5.92 Å². The largest absolute Gasteiger partial charge is 0.419 e. The van der Waals surface area contributed by atoms with E-state index in [1.807, 2.05) is 48.7 Å². The molecule has 1 fully saturated rings. The molecular formula is C29H33N5O3. The number of amides is 1. The molecule has 0 unspecified atom stereocenters. The minimum absolute atomic E-state index is 0.311. The van der Waals surface area contributed by atoms with E-state index < -0.39 is 12.1 Å². The number of fused-ring (bicyclic) bond motifs is 2. The van der Waals surface area contributed by atoms with Gasteiger partial charge >= 0.3 is 12.1 Å². The number of rotatable bonds is 8. The van der Waals surface area contributed by atoms with Crippen LogP contribution in [0.25, 0.3) is 21.9 Å². The number of nitrogens with one attached hydrogen (secondary N) is 2. The molecule has 2 N–H and O–H groups in total. The van der Waals surface area contributed by atoms with E-state index in [-0.39, 0.29) is 0 Å². The van der Waals surface area contributed by atoms with Crippen LogP contribution in [0.15, 0.2) is 48.7 Å². The Labute approximate surface area is 216 Å². The van der Waals surface area contributed by atoms with Crippen LogP contribution in [0.5, 0.6) is 0 Å². The van der Waals surface area contributed by atoms with Crippen molar-refractivity contribution >= 4 is 39.7 Å². The van der Waals surface area contributed by atoms with E-state index in [9.17, 15) is 9.59 Å². The molecule has 1 amide bonds. The van der Waals surface area contributed by atoms with Crippen molar-refractivity contribution in [3.63, 3.8) is 0 Å². The van der Waals surface area contributed by atoms with Crippen LogP contribution in [0.4, 0.5) is 10.5 Å². The van der Waals surface area contributed by atoms with Gasteiger partial charge in [0.05, 0.1) is 22.9 Å². The second-order valence-corrected chi connectivity index (χ2v) is 10.1. The molecule has 0 aliphatic heterocycles. The van der Waals surface area contributed by atoms with E-state index in [1.54, 1.807) is 0 Å². The predicted octanol–water partition coefficient (Wildman–Crippen LogP) is 5.75. The maximum absolute atomic E-state index is 12.3. The van der Waals surface area contributed by atoms with Crippen molar-refractivity contribution in [1.29, 1.82) is 0 Å². The van der Waals surface area contributed by atoms with Gasteiger partial charge < -0.3 is 14.6 Å². The lowest BCUT2D eigenvalue weighted by Gasteiger charge is -2.16. The van der Waals surface area contributed by atoms with E-state index in [2.05, 4.69) is 34.2 Å². The van der Waals surface area contributed by atoms with Gasteiger partial charge in [-0.2, -0.15) is 0 Å². The molecule has 1 saturated carbocycles. The molecule has 1 aliphatic rings. The predicted molar refractivity (Wildman–Crippen MR) is 144 cm³/mol. The Morgan fingerprint density at radius 3 is 2.73 bits per heavy atom. The molecule has 8 heteroatoms. The molecule has 2 aromatic heterocycles. The molecular weight excluding hydrogens is 466 g/mol. The molecule has 1 aliphatic carbocycles. The number of likely N-dealkylation sites (N-methyl/N-ethyl adjacent to an activating group) is 1. The number of H-pyrrole nitrogens is 1. The van der Waals surface area contributed by atoms with Crippen LogP contribution in [0, 0.1) is 12.8 Å². The van der Waals surface area contributed by atoms with Gasteiger partial charge in [-0.15, -0.1) is 0 Å². The van der Waals surface area contributed by atoms with Crippen LogP contribution in [0.3, 0.4) is 0 Å². The third kappa shape index (κ3) is 6.14. The number of benzene rings is 2. The molecule has 8 nitrogen and oxygen atoms in total. The Morgan fingerprint density at radius 1 is 1.14 bits per heavy atom. The molecule has 2 heterocycles. The van der Waals surface area contributed by atoms with E-state index in [0.29, 0.717) is 24.6 Å². The number of para-hydroxylation sites is 2. The van der Waals surface area contributed by atoms with E-state index in [0.717, 1.165) is 72.0 Å². The average Bonchev–Trinajstić information content (AvgIpc) is 3.49. The molecule has 2 aromatic carbocycles. The Balaban J connectivity index is 1.20. The SMILES string of the molecule is Cc1[nH]c2ccc(NC(=O)OC(=O)CC3CCCC3)cc2c1CCN(C)Cc1cnc2ccccc2n1. The van der Waals surface area contributed by atoms with Gasteiger partial charge in [0.2, 0.25) is 0 Å². The Morgan fingerprint density at radius 2 is 1.92 bits per heavy atom. The summed E-state index contributed by atoms with van der Waals surface area (Å²) in [7, 11) is 2.08. The summed E-state index contributed by atoms with van der Waals surface area (Å²) >= 11 is 0. The first-order valence-corrected chi connectivity index (χ1v) is 13.0. The summed E-state index contributed by atoms with van der Waals surface area (Å²) in [6.07, 6.45) is 6.62. The lowest BCUT2D eigenvalue weighted by molar-refractivity contribution is -0.137. The van der Waals surface area contributed by atoms with Gasteiger partial charge in [-0.1, -0.05) is 25.0 Å². The summed E-state index contributed by atoms with van der Waals surface area (Å²) in [6, 6.07) is 13.6. The van der Waals surface area contributed by atoms with Gasteiger partial charge in [-0.05, 0) is 75.0 Å². The third-order valence-corrected chi connectivity index (χ3v) is 7.18. The maximum Gasteiger partial charge on any atom is 0.419 e. The lowest BCUT2D eigenvalue weighted by atomic mass is 10.1. The number of carbonyl (C=O) groups excluding carboxylic acids is 2. The van der Waals surface area contributed by atoms with Gasteiger partial charge in [-0.3, -0.25) is 15.1 Å². The van der Waals surface area contributed by atoms with Crippen molar-refractivity contribution in [2.45, 2.75) is 52.0 Å². The van der Waals surface area contributed by atoms with Crippen molar-refractivity contribution in [3.8, 4) is 0 Å². The summed E-state index contributed by atoms with van der Waals surface area (Å²) in [4.78, 5) is 39.3. The summed E-state index contributed by atoms with van der Waals surface area (Å²) in [6.45, 7) is 3.59. The van der Waals surface area contributed by atoms with Gasteiger partial charge in [0.25, 0.3) is 0 Å². The fraction of sp³-hybridized carbons (Fsp3) is 0.379. The number of aryl methyl sites for hydroxylation is 1. The Kier molecular flexibility index (Phi) is 7.46. The number of nitrogens with zero attached hydrogens (tertiary/aromatic N) is 3. The molecule has 4 aromatic rings. The highest BCUT2D eigenvalue weighted by Crippen LogP contribution is 2.28. The minimum Gasteiger partial charge on any atom is -0.376 e. The standard InChI is InChI=1S/C29H33N5O3/c1-19-23(13-14-34(2)18-22-17-30-26-9-5-6-10-27(26)32-22)24-16-21(11-12-25(24)31-19)33-29(36)37-28(35)15-20-7-3-4-8-20/h5-6,9-12,16-17,20,31H,3-4,7-8,13-15,18H2,1-2H3,(H,33,36). The van der Waals surface area contributed by atoms with Crippen molar-refractivity contribution in [1.82, 2.24) is 19.9 Å². The van der Waals surface area contributed by atoms with E-state index in [1.165, 1.54) is 5.56 Å². The van der Waals surface area contributed by atoms with Crippen LogP contribution >= 0.6 is 0 Å². The molecule has 5 rings (SSSR count). The van der Waals surface area contributed by atoms with Crippen molar-refractivity contribution in [2.75, 3.05) is 18.9 Å². The Hall–Kier alpha value is -3.78. The highest BCUT2D eigenvalue weighted by Gasteiger charge is 2.21. The number of hydrogen-bond donors (Lipinski definition) is 2. The Bertz CT molecular complexity index is 1420. The van der Waals surface area contributed by atoms with Gasteiger partial charge in [0.15, 0.2) is 0 Å². The molecule has 0 bridgehead atoms. The topological polar surface area (TPSA) is 100 Å². The van der Waals surface area contributed by atoms with Crippen molar-refractivity contribution < 1.29 is 14.3 Å². The highest BCUT2D eigenvalue weighted by molar-refractivity contribution is 5.96. The fourth-order valence-electron chi connectivity index (χ4n) is 5.25. The highest BCUT2D eigenvalue weighted by atomic mass is 16.6. The summed E-state index contributed by atoms with van der Waals surface area (Å²) < 4.78 is 5.01. The van der Waals surface area contributed by atoms with Crippen molar-refractivity contribution in [3.05, 3.63) is 65.6 Å². The van der Waals surface area contributed by atoms with Gasteiger partial charge in [-0.25, -0.2) is 9.78 Å². The second kappa shape index (κ2) is 11.1. The zero-order chi connectivity index (χ0) is 25.8. The summed E-state index contributed by atoms with van der Waals surface area (Å²) in [5.74, 6) is -0.115. The van der Waals surface area contributed by atoms with E-state index >= 15 is 0 Å². The monoisotopic (exact) mass is 499 g/mol. The average molecular weight is 500 g/mol. The molecule has 192 valence electrons. The molecule has 0 radical (unpaired) electrons. The fourth-order valence-corrected chi connectivity index (χ4v) is 5.25. The summed E-state index contributed by atoms with van der Waals surface area (Å²) in [5.41, 5.74) is 6.64. The molecule has 0 saturated heterocycles. The number of hydrogen-bond acceptors (Lipinski definition) is 6. The van der Waals surface area contributed by atoms with Gasteiger partial charge in [0, 0.05) is 41.8 Å². The number of carbonyl (C=O) groups is 2. The summed E-state index contributed by atoms with van der Waals surface area (Å²) in [5, 5.41) is 3.76. The zero-order valence-electron chi connectivity index (χ0n) is 21.4.